The lowest BCUT2D eigenvalue weighted by atomic mass is 10.1. The minimum Gasteiger partial charge on any atom is -0.494 e. The Kier molecular flexibility index (Phi) is 4.19. The molecule has 0 saturated heterocycles. The first-order valence-corrected chi connectivity index (χ1v) is 6.29. The third kappa shape index (κ3) is 3.25. The van der Waals surface area contributed by atoms with E-state index in [-0.39, 0.29) is 11.9 Å². The van der Waals surface area contributed by atoms with Crippen LogP contribution < -0.4 is 15.8 Å². The topological polar surface area (TPSA) is 106 Å². The number of H-pyrrole nitrogens is 1. The molecule has 4 N–H and O–H groups in total. The first-order chi connectivity index (χ1) is 9.60. The lowest BCUT2D eigenvalue weighted by molar-refractivity contribution is 0.0938. The van der Waals surface area contributed by atoms with Crippen LogP contribution in [-0.4, -0.2) is 27.7 Å². The highest BCUT2D eigenvalue weighted by Gasteiger charge is 2.14. The number of ether oxygens (including phenoxy) is 1. The van der Waals surface area contributed by atoms with E-state index in [0.29, 0.717) is 29.4 Å². The van der Waals surface area contributed by atoms with Crippen LogP contribution in [0.3, 0.4) is 0 Å². The van der Waals surface area contributed by atoms with E-state index < -0.39 is 0 Å². The molecule has 7 heteroatoms. The van der Waals surface area contributed by atoms with Crippen LogP contribution in [0, 0.1) is 0 Å². The molecule has 1 atom stereocenters. The van der Waals surface area contributed by atoms with E-state index in [1.54, 1.807) is 18.2 Å². The van der Waals surface area contributed by atoms with Gasteiger partial charge in [-0.1, -0.05) is 0 Å². The lowest BCUT2D eigenvalue weighted by Crippen LogP contribution is -2.27. The summed E-state index contributed by atoms with van der Waals surface area (Å²) in [5, 5.41) is 9.27. The number of benzene rings is 1. The van der Waals surface area contributed by atoms with Crippen LogP contribution in [0.5, 0.6) is 5.75 Å². The molecule has 0 fully saturated rings. The Hall–Kier alpha value is -2.57. The Morgan fingerprint density at radius 1 is 1.50 bits per heavy atom. The van der Waals surface area contributed by atoms with Gasteiger partial charge < -0.3 is 15.8 Å². The molecule has 7 nitrogen and oxygen atoms in total. The summed E-state index contributed by atoms with van der Waals surface area (Å²) in [6, 6.07) is 4.66. The Morgan fingerprint density at radius 2 is 2.30 bits per heavy atom. The van der Waals surface area contributed by atoms with Gasteiger partial charge in [-0.3, -0.25) is 9.89 Å². The van der Waals surface area contributed by atoms with Gasteiger partial charge in [0.1, 0.15) is 17.9 Å². The standard InChI is InChI=1S/C13H17N5O2/c1-3-20-11-5-9(4-10(14)6-11)13(19)17-8(2)12-15-7-16-18-12/h4-8H,3,14H2,1-2H3,(H,17,19)(H,15,16,18). The molecule has 0 bridgehead atoms. The van der Waals surface area contributed by atoms with Crippen LogP contribution in [0.15, 0.2) is 24.5 Å². The summed E-state index contributed by atoms with van der Waals surface area (Å²) in [6.07, 6.45) is 1.39. The highest BCUT2D eigenvalue weighted by Crippen LogP contribution is 2.19. The second-order valence-electron chi connectivity index (χ2n) is 4.29. The fraction of sp³-hybridized carbons (Fsp3) is 0.308. The number of amides is 1. The minimum atomic E-state index is -0.276. The number of carbonyl (C=O) groups excluding carboxylic acids is 1. The van der Waals surface area contributed by atoms with Crippen LogP contribution in [-0.2, 0) is 0 Å². The largest absolute Gasteiger partial charge is 0.494 e. The molecule has 0 spiro atoms. The maximum absolute atomic E-state index is 12.2. The van der Waals surface area contributed by atoms with Gasteiger partial charge in [-0.05, 0) is 26.0 Å². The number of rotatable bonds is 5. The van der Waals surface area contributed by atoms with Gasteiger partial charge in [0.25, 0.3) is 5.91 Å². The number of anilines is 1. The van der Waals surface area contributed by atoms with Crippen molar-refractivity contribution in [2.75, 3.05) is 12.3 Å². The van der Waals surface area contributed by atoms with Crippen LogP contribution in [0.4, 0.5) is 5.69 Å². The quantitative estimate of drug-likeness (QED) is 0.713. The molecular formula is C13H17N5O2. The van der Waals surface area contributed by atoms with Crippen LogP contribution in [0.25, 0.3) is 0 Å². The van der Waals surface area contributed by atoms with Crippen LogP contribution >= 0.6 is 0 Å². The Labute approximate surface area is 116 Å². The maximum Gasteiger partial charge on any atom is 0.252 e. The van der Waals surface area contributed by atoms with Gasteiger partial charge in [-0.25, -0.2) is 4.98 Å². The van der Waals surface area contributed by atoms with E-state index in [2.05, 4.69) is 20.5 Å². The number of carbonyl (C=O) groups is 1. The molecule has 0 aliphatic heterocycles. The van der Waals surface area contributed by atoms with Gasteiger partial charge in [0.2, 0.25) is 0 Å². The highest BCUT2D eigenvalue weighted by molar-refractivity contribution is 5.95. The van der Waals surface area contributed by atoms with Crippen molar-refractivity contribution in [1.29, 1.82) is 0 Å². The van der Waals surface area contributed by atoms with Gasteiger partial charge >= 0.3 is 0 Å². The Morgan fingerprint density at radius 3 is 2.95 bits per heavy atom. The van der Waals surface area contributed by atoms with Gasteiger partial charge in [0.15, 0.2) is 0 Å². The van der Waals surface area contributed by atoms with E-state index in [0.717, 1.165) is 0 Å². The molecule has 0 aliphatic carbocycles. The van der Waals surface area contributed by atoms with E-state index in [1.165, 1.54) is 6.33 Å². The van der Waals surface area contributed by atoms with Gasteiger partial charge in [-0.2, -0.15) is 5.10 Å². The zero-order valence-electron chi connectivity index (χ0n) is 11.4. The van der Waals surface area contributed by atoms with Gasteiger partial charge in [-0.15, -0.1) is 0 Å². The van der Waals surface area contributed by atoms with E-state index >= 15 is 0 Å². The fourth-order valence-corrected chi connectivity index (χ4v) is 1.78. The molecule has 20 heavy (non-hydrogen) atoms. The van der Waals surface area contributed by atoms with E-state index in [4.69, 9.17) is 10.5 Å². The molecular weight excluding hydrogens is 258 g/mol. The number of nitrogens with two attached hydrogens (primary N) is 1. The second-order valence-corrected chi connectivity index (χ2v) is 4.29. The van der Waals surface area contributed by atoms with Gasteiger partial charge in [0.05, 0.1) is 12.6 Å². The monoisotopic (exact) mass is 275 g/mol. The third-order valence-corrected chi connectivity index (χ3v) is 2.69. The van der Waals surface area contributed by atoms with Crippen molar-refractivity contribution in [3.8, 4) is 5.75 Å². The molecule has 1 amide bonds. The zero-order valence-corrected chi connectivity index (χ0v) is 11.4. The van der Waals surface area contributed by atoms with E-state index in [1.807, 2.05) is 13.8 Å². The smallest absolute Gasteiger partial charge is 0.252 e. The molecule has 1 aromatic carbocycles. The molecule has 1 unspecified atom stereocenters. The van der Waals surface area contributed by atoms with Gasteiger partial charge in [0, 0.05) is 17.3 Å². The summed E-state index contributed by atoms with van der Waals surface area (Å²) in [4.78, 5) is 16.2. The molecule has 2 aromatic rings. The Balaban J connectivity index is 2.12. The average Bonchev–Trinajstić information content (AvgIpc) is 2.92. The van der Waals surface area contributed by atoms with Crippen molar-refractivity contribution >= 4 is 11.6 Å². The molecule has 1 aromatic heterocycles. The molecule has 1 heterocycles. The summed E-state index contributed by atoms with van der Waals surface area (Å²) in [7, 11) is 0. The maximum atomic E-state index is 12.2. The summed E-state index contributed by atoms with van der Waals surface area (Å²) in [5.41, 5.74) is 6.69. The molecule has 106 valence electrons. The summed E-state index contributed by atoms with van der Waals surface area (Å²) in [5.74, 6) is 0.916. The second kappa shape index (κ2) is 6.05. The highest BCUT2D eigenvalue weighted by atomic mass is 16.5. The van der Waals surface area contributed by atoms with Crippen molar-refractivity contribution in [3.05, 3.63) is 35.9 Å². The molecule has 0 aliphatic rings. The van der Waals surface area contributed by atoms with Crippen molar-refractivity contribution in [2.45, 2.75) is 19.9 Å². The predicted molar refractivity (Wildman–Crippen MR) is 74.3 cm³/mol. The first kappa shape index (κ1) is 13.9. The summed E-state index contributed by atoms with van der Waals surface area (Å²) >= 11 is 0. The lowest BCUT2D eigenvalue weighted by Gasteiger charge is -2.12. The number of nitrogens with zero attached hydrogens (tertiary/aromatic N) is 2. The van der Waals surface area contributed by atoms with Crippen molar-refractivity contribution in [2.24, 2.45) is 0 Å². The van der Waals surface area contributed by atoms with Crippen LogP contribution in [0.2, 0.25) is 0 Å². The number of aromatic amines is 1. The number of hydrogen-bond acceptors (Lipinski definition) is 5. The average molecular weight is 275 g/mol. The zero-order chi connectivity index (χ0) is 14.5. The number of nitrogens with one attached hydrogen (secondary N) is 2. The van der Waals surface area contributed by atoms with Crippen molar-refractivity contribution < 1.29 is 9.53 Å². The summed E-state index contributed by atoms with van der Waals surface area (Å²) in [6.45, 7) is 4.20. The van der Waals surface area contributed by atoms with Crippen LogP contribution in [0.1, 0.15) is 36.1 Å². The normalized spacial score (nSPS) is 11.9. The van der Waals surface area contributed by atoms with Crippen molar-refractivity contribution in [1.82, 2.24) is 20.5 Å². The summed E-state index contributed by atoms with van der Waals surface area (Å²) < 4.78 is 5.37. The van der Waals surface area contributed by atoms with E-state index in [9.17, 15) is 4.79 Å². The third-order valence-electron chi connectivity index (χ3n) is 2.69. The number of hydrogen-bond donors (Lipinski definition) is 3. The molecule has 0 saturated carbocycles. The first-order valence-electron chi connectivity index (χ1n) is 6.29. The predicted octanol–water partition coefficient (Wildman–Crippen LogP) is 1.28. The molecule has 2 rings (SSSR count). The molecule has 0 radical (unpaired) electrons. The minimum absolute atomic E-state index is 0.248. The fourth-order valence-electron chi connectivity index (χ4n) is 1.78. The number of aromatic nitrogens is 3. The number of nitrogen functional groups attached to an aromatic ring is 1. The Bertz CT molecular complexity index is 582. The van der Waals surface area contributed by atoms with Crippen molar-refractivity contribution in [3.63, 3.8) is 0 Å². The SMILES string of the molecule is CCOc1cc(N)cc(C(=O)NC(C)c2ncn[nH]2)c1.